The first-order valence-electron chi connectivity index (χ1n) is 10.3. The second-order valence-electron chi connectivity index (χ2n) is 7.67. The lowest BCUT2D eigenvalue weighted by molar-refractivity contribution is -0.929. The summed E-state index contributed by atoms with van der Waals surface area (Å²) in [5.41, 5.74) is 4.52. The standard InChI is InChI=1S/C24H22N4O2/c29-24(20-11-12-21-22(17-20)26-30-25-21)28-15-13-27(14-16-28)23(18-7-3-1-4-8-18)19-9-5-2-6-10-19/h1-12,17,23H,13-16H2/p+1. The number of hydrogen-bond donors (Lipinski definition) is 1. The molecule has 1 aliphatic rings. The molecule has 2 heterocycles. The lowest BCUT2D eigenvalue weighted by atomic mass is 9.96. The van der Waals surface area contributed by atoms with Gasteiger partial charge in [-0.3, -0.25) is 4.79 Å². The van der Waals surface area contributed by atoms with E-state index in [1.165, 1.54) is 16.0 Å². The van der Waals surface area contributed by atoms with Crippen molar-refractivity contribution < 1.29 is 14.3 Å². The number of nitrogens with zero attached hydrogens (tertiary/aromatic N) is 3. The van der Waals surface area contributed by atoms with Crippen molar-refractivity contribution in [1.29, 1.82) is 0 Å². The third-order valence-electron chi connectivity index (χ3n) is 5.87. The molecule has 1 saturated heterocycles. The minimum atomic E-state index is 0.0370. The number of fused-ring (bicyclic) bond motifs is 1. The number of benzene rings is 3. The van der Waals surface area contributed by atoms with Gasteiger partial charge in [-0.15, -0.1) is 0 Å². The SMILES string of the molecule is O=C(c1ccc2nonc2c1)N1CC[NH+](C(c2ccccc2)c2ccccc2)CC1. The third-order valence-corrected chi connectivity index (χ3v) is 5.87. The van der Waals surface area contributed by atoms with Gasteiger partial charge in [-0.1, -0.05) is 60.7 Å². The van der Waals surface area contributed by atoms with Crippen molar-refractivity contribution in [1.82, 2.24) is 15.2 Å². The molecule has 5 rings (SSSR count). The second kappa shape index (κ2) is 8.08. The number of piperazine rings is 1. The van der Waals surface area contributed by atoms with E-state index in [9.17, 15) is 4.79 Å². The molecular formula is C24H23N4O2+. The number of carbonyl (C=O) groups excluding carboxylic acids is 1. The van der Waals surface area contributed by atoms with Crippen LogP contribution < -0.4 is 4.90 Å². The molecule has 0 radical (unpaired) electrons. The maximum atomic E-state index is 13.0. The largest absolute Gasteiger partial charge is 0.327 e. The molecule has 0 bridgehead atoms. The maximum Gasteiger partial charge on any atom is 0.254 e. The van der Waals surface area contributed by atoms with Crippen LogP contribution in [-0.2, 0) is 0 Å². The van der Waals surface area contributed by atoms with Gasteiger partial charge in [0.15, 0.2) is 0 Å². The van der Waals surface area contributed by atoms with Gasteiger partial charge >= 0.3 is 0 Å². The van der Waals surface area contributed by atoms with Gasteiger partial charge in [0, 0.05) is 16.7 Å². The first-order chi connectivity index (χ1) is 14.8. The molecule has 1 fully saturated rings. The Morgan fingerprint density at radius 2 is 1.43 bits per heavy atom. The summed E-state index contributed by atoms with van der Waals surface area (Å²) < 4.78 is 4.74. The van der Waals surface area contributed by atoms with Gasteiger partial charge in [0.05, 0.1) is 26.2 Å². The molecule has 4 aromatic rings. The smallest absolute Gasteiger partial charge is 0.254 e. The molecule has 0 unspecified atom stereocenters. The zero-order valence-electron chi connectivity index (χ0n) is 16.6. The summed E-state index contributed by atoms with van der Waals surface area (Å²) in [5.74, 6) is 0.0370. The van der Waals surface area contributed by atoms with Crippen molar-refractivity contribution in [2.24, 2.45) is 0 Å². The molecule has 6 nitrogen and oxygen atoms in total. The highest BCUT2D eigenvalue weighted by molar-refractivity contribution is 5.97. The minimum absolute atomic E-state index is 0.0370. The van der Waals surface area contributed by atoms with Crippen LogP contribution in [0.1, 0.15) is 27.5 Å². The second-order valence-corrected chi connectivity index (χ2v) is 7.67. The fourth-order valence-electron chi connectivity index (χ4n) is 4.34. The van der Waals surface area contributed by atoms with E-state index in [-0.39, 0.29) is 11.9 Å². The van der Waals surface area contributed by atoms with E-state index in [0.717, 1.165) is 26.2 Å². The van der Waals surface area contributed by atoms with Crippen molar-refractivity contribution >= 4 is 16.9 Å². The van der Waals surface area contributed by atoms with E-state index in [4.69, 9.17) is 4.63 Å². The van der Waals surface area contributed by atoms with Crippen LogP contribution in [0.3, 0.4) is 0 Å². The minimum Gasteiger partial charge on any atom is -0.327 e. The number of rotatable bonds is 4. The Bertz CT molecular complexity index is 1100. The van der Waals surface area contributed by atoms with Crippen LogP contribution >= 0.6 is 0 Å². The molecule has 1 aromatic heterocycles. The van der Waals surface area contributed by atoms with Crippen LogP contribution in [0.5, 0.6) is 0 Å². The monoisotopic (exact) mass is 399 g/mol. The molecule has 150 valence electrons. The van der Waals surface area contributed by atoms with E-state index >= 15 is 0 Å². The van der Waals surface area contributed by atoms with Gasteiger partial charge in [0.25, 0.3) is 5.91 Å². The van der Waals surface area contributed by atoms with Crippen molar-refractivity contribution in [2.75, 3.05) is 26.2 Å². The summed E-state index contributed by atoms with van der Waals surface area (Å²) >= 11 is 0. The molecule has 0 saturated carbocycles. The van der Waals surface area contributed by atoms with Crippen molar-refractivity contribution in [3.8, 4) is 0 Å². The molecule has 1 N–H and O–H groups in total. The van der Waals surface area contributed by atoms with Gasteiger partial charge in [0.2, 0.25) is 0 Å². The molecule has 6 heteroatoms. The summed E-state index contributed by atoms with van der Waals surface area (Å²) in [6.07, 6.45) is 0. The summed E-state index contributed by atoms with van der Waals surface area (Å²) in [6.45, 7) is 3.24. The van der Waals surface area contributed by atoms with Gasteiger partial charge < -0.3 is 9.80 Å². The molecule has 30 heavy (non-hydrogen) atoms. The van der Waals surface area contributed by atoms with Gasteiger partial charge in [-0.25, -0.2) is 4.63 Å². The van der Waals surface area contributed by atoms with Crippen LogP contribution in [0.15, 0.2) is 83.5 Å². The molecule has 1 amide bonds. The summed E-state index contributed by atoms with van der Waals surface area (Å²) in [4.78, 5) is 16.4. The number of quaternary nitrogens is 1. The zero-order valence-corrected chi connectivity index (χ0v) is 16.6. The highest BCUT2D eigenvalue weighted by atomic mass is 16.6. The van der Waals surface area contributed by atoms with E-state index in [1.54, 1.807) is 18.2 Å². The number of carbonyl (C=O) groups is 1. The van der Waals surface area contributed by atoms with Crippen LogP contribution in [0.4, 0.5) is 0 Å². The van der Waals surface area contributed by atoms with Crippen LogP contribution in [0, 0.1) is 0 Å². The molecule has 0 atom stereocenters. The fourth-order valence-corrected chi connectivity index (χ4v) is 4.34. The lowest BCUT2D eigenvalue weighted by Gasteiger charge is -2.37. The normalized spacial score (nSPS) is 15.0. The van der Waals surface area contributed by atoms with E-state index in [2.05, 4.69) is 71.0 Å². The summed E-state index contributed by atoms with van der Waals surface area (Å²) in [6, 6.07) is 26.9. The van der Waals surface area contributed by atoms with Crippen molar-refractivity contribution in [3.63, 3.8) is 0 Å². The summed E-state index contributed by atoms with van der Waals surface area (Å²) in [7, 11) is 0. The van der Waals surface area contributed by atoms with E-state index in [0.29, 0.717) is 16.6 Å². The topological polar surface area (TPSA) is 63.7 Å². The highest BCUT2D eigenvalue weighted by Gasteiger charge is 2.31. The maximum absolute atomic E-state index is 13.0. The Morgan fingerprint density at radius 1 is 0.833 bits per heavy atom. The number of nitrogens with one attached hydrogen (secondary N) is 1. The van der Waals surface area contributed by atoms with Gasteiger partial charge in [-0.05, 0) is 28.5 Å². The quantitative estimate of drug-likeness (QED) is 0.572. The average molecular weight is 399 g/mol. The zero-order chi connectivity index (χ0) is 20.3. The first-order valence-corrected chi connectivity index (χ1v) is 10.3. The van der Waals surface area contributed by atoms with Crippen LogP contribution in [0.25, 0.3) is 11.0 Å². The predicted octanol–water partition coefficient (Wildman–Crippen LogP) is 2.35. The Labute approximate surface area is 174 Å². The fraction of sp³-hybridized carbons (Fsp3) is 0.208. The van der Waals surface area contributed by atoms with Crippen LogP contribution in [-0.4, -0.2) is 47.3 Å². The third kappa shape index (κ3) is 3.57. The Morgan fingerprint density at radius 3 is 2.07 bits per heavy atom. The highest BCUT2D eigenvalue weighted by Crippen LogP contribution is 2.20. The molecule has 3 aromatic carbocycles. The number of aromatic nitrogens is 2. The lowest BCUT2D eigenvalue weighted by Crippen LogP contribution is -3.15. The Kier molecular flexibility index (Phi) is 4.99. The van der Waals surface area contributed by atoms with Crippen LogP contribution in [0.2, 0.25) is 0 Å². The average Bonchev–Trinajstić information content (AvgIpc) is 3.29. The molecule has 0 spiro atoms. The molecule has 0 aliphatic carbocycles. The van der Waals surface area contributed by atoms with Crippen molar-refractivity contribution in [2.45, 2.75) is 6.04 Å². The Balaban J connectivity index is 1.34. The van der Waals surface area contributed by atoms with E-state index < -0.39 is 0 Å². The van der Waals surface area contributed by atoms with E-state index in [1.807, 2.05) is 4.90 Å². The predicted molar refractivity (Wildman–Crippen MR) is 113 cm³/mol. The number of hydrogen-bond acceptors (Lipinski definition) is 4. The number of amides is 1. The molecule has 1 aliphatic heterocycles. The summed E-state index contributed by atoms with van der Waals surface area (Å²) in [5, 5.41) is 7.65. The van der Waals surface area contributed by atoms with Crippen molar-refractivity contribution in [3.05, 3.63) is 95.6 Å². The molecular weight excluding hydrogens is 376 g/mol. The van der Waals surface area contributed by atoms with Gasteiger partial charge in [-0.2, -0.15) is 0 Å². The Hall–Kier alpha value is -3.51. The first kappa shape index (κ1) is 18.5. The van der Waals surface area contributed by atoms with Gasteiger partial charge in [0.1, 0.15) is 17.1 Å².